The highest BCUT2D eigenvalue weighted by Crippen LogP contribution is 2.30. The van der Waals surface area contributed by atoms with Gasteiger partial charge in [-0.1, -0.05) is 6.07 Å². The molecule has 3 N–H and O–H groups in total. The molecule has 0 unspecified atom stereocenters. The molecule has 1 aliphatic carbocycles. The minimum atomic E-state index is -1.28. The van der Waals surface area contributed by atoms with Crippen molar-refractivity contribution in [2.24, 2.45) is 0 Å². The van der Waals surface area contributed by atoms with E-state index in [4.69, 9.17) is 5.11 Å². The predicted molar refractivity (Wildman–Crippen MR) is 96.4 cm³/mol. The van der Waals surface area contributed by atoms with Crippen LogP contribution in [0.25, 0.3) is 6.08 Å². The number of carbonyl (C=O) groups excluding carboxylic acids is 2. The van der Waals surface area contributed by atoms with Gasteiger partial charge in [-0.25, -0.2) is 9.18 Å². The van der Waals surface area contributed by atoms with Crippen LogP contribution in [-0.4, -0.2) is 34.8 Å². The molecule has 0 radical (unpaired) electrons. The Morgan fingerprint density at radius 1 is 1.22 bits per heavy atom. The van der Waals surface area contributed by atoms with Gasteiger partial charge in [0, 0.05) is 25.6 Å². The fourth-order valence-electron chi connectivity index (χ4n) is 3.08. The molecule has 0 atom stereocenters. The zero-order valence-corrected chi connectivity index (χ0v) is 14.4. The van der Waals surface area contributed by atoms with Crippen LogP contribution in [0.5, 0.6) is 5.75 Å². The second-order valence-electron chi connectivity index (χ2n) is 6.19. The lowest BCUT2D eigenvalue weighted by atomic mass is 9.86. The SMILES string of the molecule is CNc1cc(F)cc2c1CC(=O)C(C(=O)Cc1ccc(C(=O)O)c(O)c1)=C2. The molecule has 1 aliphatic rings. The summed E-state index contributed by atoms with van der Waals surface area (Å²) in [5, 5.41) is 21.5. The third-order valence-corrected chi connectivity index (χ3v) is 4.41. The molecule has 0 amide bonds. The van der Waals surface area contributed by atoms with Crippen molar-refractivity contribution < 1.29 is 29.0 Å². The molecule has 0 fully saturated rings. The summed E-state index contributed by atoms with van der Waals surface area (Å²) in [4.78, 5) is 35.9. The number of fused-ring (bicyclic) bond motifs is 1. The summed E-state index contributed by atoms with van der Waals surface area (Å²) in [6, 6.07) is 6.34. The number of hydrogen-bond acceptors (Lipinski definition) is 5. The minimum Gasteiger partial charge on any atom is -0.507 e. The molecule has 27 heavy (non-hydrogen) atoms. The molecule has 0 bridgehead atoms. The molecule has 2 aromatic carbocycles. The molecule has 0 saturated heterocycles. The molecule has 0 heterocycles. The Balaban J connectivity index is 1.91. The summed E-state index contributed by atoms with van der Waals surface area (Å²) in [6.07, 6.45) is 1.17. The topological polar surface area (TPSA) is 104 Å². The van der Waals surface area contributed by atoms with Gasteiger partial charge in [0.05, 0.1) is 5.57 Å². The fraction of sp³-hybridized carbons (Fsp3) is 0.150. The van der Waals surface area contributed by atoms with Crippen molar-refractivity contribution in [2.45, 2.75) is 12.8 Å². The normalized spacial score (nSPS) is 13.0. The van der Waals surface area contributed by atoms with Gasteiger partial charge in [0.25, 0.3) is 0 Å². The van der Waals surface area contributed by atoms with E-state index in [9.17, 15) is 23.9 Å². The molecule has 7 heteroatoms. The molecule has 0 spiro atoms. The third-order valence-electron chi connectivity index (χ3n) is 4.41. The van der Waals surface area contributed by atoms with Crippen molar-refractivity contribution in [1.82, 2.24) is 0 Å². The summed E-state index contributed by atoms with van der Waals surface area (Å²) in [5.74, 6) is -3.08. The third kappa shape index (κ3) is 3.57. The van der Waals surface area contributed by atoms with Crippen LogP contribution in [-0.2, 0) is 22.4 Å². The van der Waals surface area contributed by atoms with E-state index in [0.29, 0.717) is 22.4 Å². The Kier molecular flexibility index (Phi) is 4.77. The number of halogens is 1. The molecule has 6 nitrogen and oxygen atoms in total. The van der Waals surface area contributed by atoms with Crippen molar-refractivity contribution in [3.63, 3.8) is 0 Å². The first-order valence-corrected chi connectivity index (χ1v) is 8.13. The van der Waals surface area contributed by atoms with Gasteiger partial charge in [-0.3, -0.25) is 9.59 Å². The second kappa shape index (κ2) is 7.03. The Morgan fingerprint density at radius 3 is 2.59 bits per heavy atom. The van der Waals surface area contributed by atoms with E-state index in [0.717, 1.165) is 0 Å². The van der Waals surface area contributed by atoms with Gasteiger partial charge in [0.2, 0.25) is 0 Å². The predicted octanol–water partition coefficient (Wildman–Crippen LogP) is 2.59. The zero-order valence-electron chi connectivity index (χ0n) is 14.4. The molecular formula is C20H16FNO5. The van der Waals surface area contributed by atoms with E-state index < -0.39 is 23.3 Å². The number of allylic oxidation sites excluding steroid dienone is 1. The zero-order chi connectivity index (χ0) is 19.7. The molecule has 2 aromatic rings. The van der Waals surface area contributed by atoms with Crippen molar-refractivity contribution in [2.75, 3.05) is 12.4 Å². The van der Waals surface area contributed by atoms with Gasteiger partial charge < -0.3 is 15.5 Å². The van der Waals surface area contributed by atoms with Crippen LogP contribution in [0.4, 0.5) is 10.1 Å². The maximum absolute atomic E-state index is 13.7. The number of phenols is 1. The molecule has 0 aromatic heterocycles. The molecule has 138 valence electrons. The summed E-state index contributed by atoms with van der Waals surface area (Å²) in [6.45, 7) is 0. The highest BCUT2D eigenvalue weighted by Gasteiger charge is 2.26. The molecular weight excluding hydrogens is 353 g/mol. The van der Waals surface area contributed by atoms with E-state index in [1.165, 1.54) is 36.4 Å². The number of rotatable bonds is 5. The number of Topliss-reactive ketones (excluding diaryl/α,β-unsaturated/α-hetero) is 2. The summed E-state index contributed by atoms with van der Waals surface area (Å²) < 4.78 is 13.7. The number of carbonyl (C=O) groups is 3. The lowest BCUT2D eigenvalue weighted by Crippen LogP contribution is -2.21. The van der Waals surface area contributed by atoms with E-state index in [2.05, 4.69) is 5.32 Å². The number of aromatic carboxylic acids is 1. The number of benzene rings is 2. The Labute approximate surface area is 154 Å². The fourth-order valence-corrected chi connectivity index (χ4v) is 3.08. The largest absolute Gasteiger partial charge is 0.507 e. The summed E-state index contributed by atoms with van der Waals surface area (Å²) in [7, 11) is 1.62. The van der Waals surface area contributed by atoms with Gasteiger partial charge in [0.15, 0.2) is 11.6 Å². The average Bonchev–Trinajstić information content (AvgIpc) is 2.60. The molecule has 0 saturated carbocycles. The van der Waals surface area contributed by atoms with Crippen LogP contribution in [0.2, 0.25) is 0 Å². The van der Waals surface area contributed by atoms with Crippen molar-refractivity contribution in [1.29, 1.82) is 0 Å². The van der Waals surface area contributed by atoms with E-state index in [-0.39, 0.29) is 29.8 Å². The minimum absolute atomic E-state index is 0.0213. The molecule has 0 aliphatic heterocycles. The van der Waals surface area contributed by atoms with E-state index in [1.54, 1.807) is 7.05 Å². The number of aromatic hydroxyl groups is 1. The van der Waals surface area contributed by atoms with E-state index in [1.807, 2.05) is 0 Å². The van der Waals surface area contributed by atoms with Crippen LogP contribution in [0.15, 0.2) is 35.9 Å². The number of ketones is 2. The number of nitrogens with one attached hydrogen (secondary N) is 1. The smallest absolute Gasteiger partial charge is 0.339 e. The quantitative estimate of drug-likeness (QED) is 0.700. The van der Waals surface area contributed by atoms with Crippen LogP contribution in [0.1, 0.15) is 27.0 Å². The van der Waals surface area contributed by atoms with Crippen LogP contribution in [0.3, 0.4) is 0 Å². The maximum Gasteiger partial charge on any atom is 0.339 e. The molecule has 3 rings (SSSR count). The van der Waals surface area contributed by atoms with Crippen molar-refractivity contribution in [3.8, 4) is 5.75 Å². The number of hydrogen-bond donors (Lipinski definition) is 3. The maximum atomic E-state index is 13.7. The highest BCUT2D eigenvalue weighted by atomic mass is 19.1. The van der Waals surface area contributed by atoms with Gasteiger partial charge in [0.1, 0.15) is 17.1 Å². The van der Waals surface area contributed by atoms with Crippen LogP contribution >= 0.6 is 0 Å². The summed E-state index contributed by atoms with van der Waals surface area (Å²) >= 11 is 0. The van der Waals surface area contributed by atoms with E-state index >= 15 is 0 Å². The average molecular weight is 369 g/mol. The van der Waals surface area contributed by atoms with Crippen molar-refractivity contribution in [3.05, 3.63) is 64.0 Å². The Bertz CT molecular complexity index is 1010. The van der Waals surface area contributed by atoms with Gasteiger partial charge in [-0.2, -0.15) is 0 Å². The van der Waals surface area contributed by atoms with Gasteiger partial charge in [-0.05, 0) is 47.0 Å². The highest BCUT2D eigenvalue weighted by molar-refractivity contribution is 6.25. The number of carboxylic acid groups (broad SMARTS) is 1. The first-order valence-electron chi connectivity index (χ1n) is 8.13. The second-order valence-corrected chi connectivity index (χ2v) is 6.19. The summed E-state index contributed by atoms with van der Waals surface area (Å²) in [5.41, 5.74) is 1.64. The number of anilines is 1. The first kappa shape index (κ1) is 18.3. The lowest BCUT2D eigenvalue weighted by molar-refractivity contribution is -0.120. The van der Waals surface area contributed by atoms with Gasteiger partial charge in [-0.15, -0.1) is 0 Å². The Morgan fingerprint density at radius 2 is 1.96 bits per heavy atom. The van der Waals surface area contributed by atoms with Crippen molar-refractivity contribution >= 4 is 29.3 Å². The van der Waals surface area contributed by atoms with Crippen LogP contribution < -0.4 is 5.32 Å². The Hall–Kier alpha value is -3.48. The monoisotopic (exact) mass is 369 g/mol. The standard InChI is InChI=1S/C20H16FNO5/c1-22-16-8-12(21)6-11-7-15(19(25)9-14(11)16)18(24)5-10-2-3-13(20(26)27)17(23)4-10/h2-4,6-8,22-23H,5,9H2,1H3,(H,26,27). The van der Waals surface area contributed by atoms with Gasteiger partial charge >= 0.3 is 5.97 Å². The lowest BCUT2D eigenvalue weighted by Gasteiger charge is -2.18. The van der Waals surface area contributed by atoms with Crippen LogP contribution in [0, 0.1) is 5.82 Å². The number of carboxylic acids is 1. The first-order chi connectivity index (χ1) is 12.8.